The van der Waals surface area contributed by atoms with Gasteiger partial charge in [-0.3, -0.25) is 9.69 Å². The summed E-state index contributed by atoms with van der Waals surface area (Å²) in [5, 5.41) is 2.46. The largest absolute Gasteiger partial charge is 0.464 e. The Hall–Kier alpha value is -2.21. The monoisotopic (exact) mass is 360 g/mol. The van der Waals surface area contributed by atoms with Crippen LogP contribution in [0, 0.1) is 17.6 Å². The molecule has 4 nitrogen and oxygen atoms in total. The van der Waals surface area contributed by atoms with E-state index in [1.807, 2.05) is 17.0 Å². The van der Waals surface area contributed by atoms with E-state index in [0.717, 1.165) is 42.6 Å². The van der Waals surface area contributed by atoms with E-state index in [1.54, 1.807) is 0 Å². The third-order valence-electron chi connectivity index (χ3n) is 5.13. The van der Waals surface area contributed by atoms with Crippen molar-refractivity contribution in [2.24, 2.45) is 5.92 Å². The lowest BCUT2D eigenvalue weighted by Crippen LogP contribution is -2.34. The molecule has 2 aromatic rings. The van der Waals surface area contributed by atoms with Crippen molar-refractivity contribution in [3.63, 3.8) is 0 Å². The highest BCUT2D eigenvalue weighted by Crippen LogP contribution is 2.47. The maximum Gasteiger partial charge on any atom is 0.238 e. The molecule has 2 unspecified atom stereocenters. The van der Waals surface area contributed by atoms with Crippen LogP contribution in [-0.4, -0.2) is 23.4 Å². The first-order valence-electron chi connectivity index (χ1n) is 9.07. The summed E-state index contributed by atoms with van der Waals surface area (Å²) in [5.41, 5.74) is -0.131. The van der Waals surface area contributed by atoms with E-state index in [-0.39, 0.29) is 18.1 Å². The van der Waals surface area contributed by atoms with Gasteiger partial charge in [0.25, 0.3) is 0 Å². The first-order chi connectivity index (χ1) is 12.5. The van der Waals surface area contributed by atoms with Crippen LogP contribution in [0.25, 0.3) is 0 Å². The lowest BCUT2D eigenvalue weighted by molar-refractivity contribution is -0.117. The summed E-state index contributed by atoms with van der Waals surface area (Å²) in [6.07, 6.45) is 3.24. The van der Waals surface area contributed by atoms with E-state index < -0.39 is 11.6 Å². The minimum Gasteiger partial charge on any atom is -0.464 e. The van der Waals surface area contributed by atoms with Gasteiger partial charge < -0.3 is 9.73 Å². The van der Waals surface area contributed by atoms with Crippen molar-refractivity contribution in [2.45, 2.75) is 44.7 Å². The average Bonchev–Trinajstić information content (AvgIpc) is 3.51. The normalized spacial score (nSPS) is 21.8. The summed E-state index contributed by atoms with van der Waals surface area (Å²) >= 11 is 0. The summed E-state index contributed by atoms with van der Waals surface area (Å²) in [6, 6.07) is 7.36. The zero-order chi connectivity index (χ0) is 18.3. The van der Waals surface area contributed by atoms with E-state index in [9.17, 15) is 13.6 Å². The van der Waals surface area contributed by atoms with E-state index in [2.05, 4.69) is 12.2 Å². The summed E-state index contributed by atoms with van der Waals surface area (Å²) in [7, 11) is 0. The van der Waals surface area contributed by atoms with E-state index in [1.165, 1.54) is 6.42 Å². The van der Waals surface area contributed by atoms with Gasteiger partial charge in [0.05, 0.1) is 18.8 Å². The lowest BCUT2D eigenvalue weighted by atomic mass is 10.2. The molecule has 2 aliphatic carbocycles. The Labute approximate surface area is 151 Å². The van der Waals surface area contributed by atoms with Gasteiger partial charge in [0.15, 0.2) is 0 Å². The summed E-state index contributed by atoms with van der Waals surface area (Å²) in [5.74, 6) is 1.48. The maximum absolute atomic E-state index is 13.7. The van der Waals surface area contributed by atoms with Crippen molar-refractivity contribution >= 4 is 11.6 Å². The molecule has 4 rings (SSSR count). The molecule has 1 aromatic carbocycles. The number of amides is 1. The minimum atomic E-state index is -0.646. The van der Waals surface area contributed by atoms with Crippen molar-refractivity contribution in [3.05, 3.63) is 53.5 Å². The molecule has 0 radical (unpaired) electrons. The number of nitrogens with one attached hydrogen (secondary N) is 1. The Morgan fingerprint density at radius 1 is 1.27 bits per heavy atom. The number of furan rings is 1. The molecule has 138 valence electrons. The van der Waals surface area contributed by atoms with Gasteiger partial charge in [-0.2, -0.15) is 0 Å². The van der Waals surface area contributed by atoms with E-state index in [4.69, 9.17) is 4.42 Å². The second-order valence-corrected chi connectivity index (χ2v) is 7.43. The fraction of sp³-hybridized carbons (Fsp3) is 0.450. The van der Waals surface area contributed by atoms with Crippen LogP contribution in [0.3, 0.4) is 0 Å². The van der Waals surface area contributed by atoms with Gasteiger partial charge in [0.1, 0.15) is 23.2 Å². The molecule has 1 amide bonds. The van der Waals surface area contributed by atoms with E-state index >= 15 is 0 Å². The predicted octanol–water partition coefficient (Wildman–Crippen LogP) is 4.28. The zero-order valence-corrected chi connectivity index (χ0v) is 14.7. The second-order valence-electron chi connectivity index (χ2n) is 7.43. The molecule has 0 aliphatic heterocycles. The maximum atomic E-state index is 13.7. The van der Waals surface area contributed by atoms with Crippen LogP contribution in [0.2, 0.25) is 0 Å². The number of halogens is 2. The van der Waals surface area contributed by atoms with Gasteiger partial charge in [0, 0.05) is 18.0 Å². The van der Waals surface area contributed by atoms with Gasteiger partial charge in [-0.1, -0.05) is 6.92 Å². The lowest BCUT2D eigenvalue weighted by Gasteiger charge is -2.20. The molecule has 2 fully saturated rings. The molecule has 0 bridgehead atoms. The molecule has 1 N–H and O–H groups in total. The molecule has 2 aliphatic rings. The fourth-order valence-corrected chi connectivity index (χ4v) is 3.32. The highest BCUT2D eigenvalue weighted by Gasteiger charge is 2.37. The molecular formula is C20H22F2N2O2. The molecular weight excluding hydrogens is 338 g/mol. The Balaban J connectivity index is 1.38. The molecule has 2 saturated carbocycles. The van der Waals surface area contributed by atoms with Crippen molar-refractivity contribution in [1.82, 2.24) is 4.90 Å². The van der Waals surface area contributed by atoms with Crippen LogP contribution in [0.4, 0.5) is 14.5 Å². The standard InChI is InChI=1S/C20H22F2N2O2/c1-12-8-16(12)19-7-5-15(26-19)10-24(14-3-4-14)11-20(25)23-18-9-13(21)2-6-17(18)22/h2,5-7,9,12,14,16H,3-4,8,10-11H2,1H3,(H,23,25). The summed E-state index contributed by atoms with van der Waals surface area (Å²) in [4.78, 5) is 14.3. The Morgan fingerprint density at radius 3 is 2.73 bits per heavy atom. The number of rotatable bonds is 7. The highest BCUT2D eigenvalue weighted by molar-refractivity contribution is 5.92. The summed E-state index contributed by atoms with van der Waals surface area (Å²) in [6.45, 7) is 2.88. The van der Waals surface area contributed by atoms with Crippen LogP contribution in [0.1, 0.15) is 43.6 Å². The van der Waals surface area contributed by atoms with Crippen LogP contribution in [0.5, 0.6) is 0 Å². The first-order valence-corrected chi connectivity index (χ1v) is 9.07. The van der Waals surface area contributed by atoms with Crippen LogP contribution in [-0.2, 0) is 11.3 Å². The van der Waals surface area contributed by atoms with Crippen LogP contribution < -0.4 is 5.32 Å². The fourth-order valence-electron chi connectivity index (χ4n) is 3.32. The van der Waals surface area contributed by atoms with E-state index in [0.29, 0.717) is 24.4 Å². The van der Waals surface area contributed by atoms with Crippen molar-refractivity contribution in [3.8, 4) is 0 Å². The Kier molecular flexibility index (Phi) is 4.53. The van der Waals surface area contributed by atoms with Gasteiger partial charge in [0.2, 0.25) is 5.91 Å². The average molecular weight is 360 g/mol. The van der Waals surface area contributed by atoms with Gasteiger partial charge in [-0.15, -0.1) is 0 Å². The van der Waals surface area contributed by atoms with Gasteiger partial charge >= 0.3 is 0 Å². The number of benzene rings is 1. The molecule has 0 saturated heterocycles. The molecule has 2 atom stereocenters. The number of nitrogens with zero attached hydrogens (tertiary/aromatic N) is 1. The van der Waals surface area contributed by atoms with Gasteiger partial charge in [-0.05, 0) is 49.4 Å². The molecule has 0 spiro atoms. The summed E-state index contributed by atoms with van der Waals surface area (Å²) < 4.78 is 32.9. The molecule has 26 heavy (non-hydrogen) atoms. The number of hydrogen-bond acceptors (Lipinski definition) is 3. The first kappa shape index (κ1) is 17.2. The number of carbonyl (C=O) groups is 1. The van der Waals surface area contributed by atoms with Crippen molar-refractivity contribution in [2.75, 3.05) is 11.9 Å². The molecule has 1 aromatic heterocycles. The second kappa shape index (κ2) is 6.83. The Morgan fingerprint density at radius 2 is 2.04 bits per heavy atom. The molecule has 1 heterocycles. The topological polar surface area (TPSA) is 45.5 Å². The Bertz CT molecular complexity index is 816. The third kappa shape index (κ3) is 3.96. The van der Waals surface area contributed by atoms with Crippen molar-refractivity contribution in [1.29, 1.82) is 0 Å². The predicted molar refractivity (Wildman–Crippen MR) is 93.6 cm³/mol. The van der Waals surface area contributed by atoms with Crippen molar-refractivity contribution < 1.29 is 18.0 Å². The van der Waals surface area contributed by atoms with Gasteiger partial charge in [-0.25, -0.2) is 8.78 Å². The SMILES string of the molecule is CC1CC1c1ccc(CN(CC(=O)Nc2cc(F)ccc2F)C2CC2)o1. The smallest absolute Gasteiger partial charge is 0.238 e. The van der Waals surface area contributed by atoms with Crippen LogP contribution in [0.15, 0.2) is 34.7 Å². The molecule has 6 heteroatoms. The number of hydrogen-bond donors (Lipinski definition) is 1. The quantitative estimate of drug-likeness (QED) is 0.801. The highest BCUT2D eigenvalue weighted by atomic mass is 19.1. The zero-order valence-electron chi connectivity index (χ0n) is 14.7. The number of anilines is 1. The minimum absolute atomic E-state index is 0.122. The van der Waals surface area contributed by atoms with Crippen LogP contribution >= 0.6 is 0 Å². The number of carbonyl (C=O) groups excluding carboxylic acids is 1. The third-order valence-corrected chi connectivity index (χ3v) is 5.13.